The maximum atomic E-state index is 11.4. The summed E-state index contributed by atoms with van der Waals surface area (Å²) in [4.78, 5) is 22.5. The van der Waals surface area contributed by atoms with Gasteiger partial charge in [0.05, 0.1) is 19.3 Å². The normalized spacial score (nSPS) is 9.72. The molecule has 2 amide bonds. The number of hydrogen-bond acceptors (Lipinski definition) is 4. The molecular weight excluding hydrogens is 234 g/mol. The van der Waals surface area contributed by atoms with Crippen molar-refractivity contribution in [1.82, 2.24) is 5.32 Å². The smallest absolute Gasteiger partial charge is 0.238 e. The number of carbonyl (C=O) groups is 2. The number of ether oxygens (including phenoxy) is 1. The Morgan fingerprint density at radius 2 is 2.00 bits per heavy atom. The SMILES string of the molecule is CNCC(=O)Nc1ccc(OC)c(NC(C)=O)c1. The second kappa shape index (κ2) is 6.61. The lowest BCUT2D eigenvalue weighted by atomic mass is 10.2. The fourth-order valence-corrected chi connectivity index (χ4v) is 1.44. The van der Waals surface area contributed by atoms with E-state index >= 15 is 0 Å². The van der Waals surface area contributed by atoms with Gasteiger partial charge in [-0.25, -0.2) is 0 Å². The van der Waals surface area contributed by atoms with Crippen LogP contribution in [-0.4, -0.2) is 32.5 Å². The molecule has 0 aliphatic carbocycles. The van der Waals surface area contributed by atoms with Crippen molar-refractivity contribution in [2.45, 2.75) is 6.92 Å². The number of likely N-dealkylation sites (N-methyl/N-ethyl adjacent to an activating group) is 1. The van der Waals surface area contributed by atoms with E-state index in [0.717, 1.165) is 0 Å². The van der Waals surface area contributed by atoms with Crippen molar-refractivity contribution in [1.29, 1.82) is 0 Å². The Balaban J connectivity index is 2.88. The molecular formula is C12H17N3O3. The summed E-state index contributed by atoms with van der Waals surface area (Å²) >= 11 is 0. The molecule has 0 saturated heterocycles. The second-order valence-corrected chi connectivity index (χ2v) is 3.67. The number of rotatable bonds is 5. The Morgan fingerprint density at radius 1 is 1.28 bits per heavy atom. The first-order chi connectivity index (χ1) is 8.56. The lowest BCUT2D eigenvalue weighted by Crippen LogP contribution is -2.25. The number of amides is 2. The fourth-order valence-electron chi connectivity index (χ4n) is 1.44. The molecule has 98 valence electrons. The van der Waals surface area contributed by atoms with Gasteiger partial charge in [0.15, 0.2) is 0 Å². The molecule has 0 aliphatic heterocycles. The Kier molecular flexibility index (Phi) is 5.13. The molecule has 1 aromatic rings. The van der Waals surface area contributed by atoms with Crippen LogP contribution in [0.1, 0.15) is 6.92 Å². The number of carbonyl (C=O) groups excluding carboxylic acids is 2. The average molecular weight is 251 g/mol. The van der Waals surface area contributed by atoms with Crippen LogP contribution in [0.15, 0.2) is 18.2 Å². The molecule has 0 fully saturated rings. The summed E-state index contributed by atoms with van der Waals surface area (Å²) in [6.45, 7) is 1.63. The number of anilines is 2. The van der Waals surface area contributed by atoms with Crippen LogP contribution in [0.5, 0.6) is 5.75 Å². The van der Waals surface area contributed by atoms with Crippen LogP contribution < -0.4 is 20.7 Å². The second-order valence-electron chi connectivity index (χ2n) is 3.67. The van der Waals surface area contributed by atoms with E-state index in [2.05, 4.69) is 16.0 Å². The molecule has 1 aromatic carbocycles. The Bertz CT molecular complexity index is 446. The number of nitrogens with one attached hydrogen (secondary N) is 3. The zero-order valence-corrected chi connectivity index (χ0v) is 10.7. The summed E-state index contributed by atoms with van der Waals surface area (Å²) in [7, 11) is 3.20. The highest BCUT2D eigenvalue weighted by Crippen LogP contribution is 2.27. The van der Waals surface area contributed by atoms with Crippen molar-refractivity contribution in [3.05, 3.63) is 18.2 Å². The minimum absolute atomic E-state index is 0.156. The predicted octanol–water partition coefficient (Wildman–Crippen LogP) is 0.811. The molecule has 6 heteroatoms. The van der Waals surface area contributed by atoms with Gasteiger partial charge in [-0.1, -0.05) is 0 Å². The maximum Gasteiger partial charge on any atom is 0.238 e. The van der Waals surface area contributed by atoms with E-state index in [4.69, 9.17) is 4.74 Å². The molecule has 0 aliphatic rings. The summed E-state index contributed by atoms with van der Waals surface area (Å²) in [5.41, 5.74) is 1.12. The molecule has 0 heterocycles. The standard InChI is InChI=1S/C12H17N3O3/c1-8(16)14-10-6-9(4-5-11(10)18-3)15-12(17)7-13-2/h4-6,13H,7H2,1-3H3,(H,14,16)(H,15,17). The van der Waals surface area contributed by atoms with E-state index < -0.39 is 0 Å². The first kappa shape index (κ1) is 14.0. The van der Waals surface area contributed by atoms with Gasteiger partial charge >= 0.3 is 0 Å². The highest BCUT2D eigenvalue weighted by molar-refractivity contribution is 5.95. The molecule has 0 aromatic heterocycles. The lowest BCUT2D eigenvalue weighted by molar-refractivity contribution is -0.115. The van der Waals surface area contributed by atoms with Gasteiger partial charge in [-0.2, -0.15) is 0 Å². The largest absolute Gasteiger partial charge is 0.495 e. The first-order valence-corrected chi connectivity index (χ1v) is 5.47. The van der Waals surface area contributed by atoms with E-state index in [1.165, 1.54) is 14.0 Å². The van der Waals surface area contributed by atoms with Crippen LogP contribution in [0.3, 0.4) is 0 Å². The molecule has 18 heavy (non-hydrogen) atoms. The third-order valence-electron chi connectivity index (χ3n) is 2.13. The van der Waals surface area contributed by atoms with Crippen LogP contribution in [-0.2, 0) is 9.59 Å². The number of hydrogen-bond donors (Lipinski definition) is 3. The van der Waals surface area contributed by atoms with Gasteiger partial charge in [-0.3, -0.25) is 9.59 Å². The highest BCUT2D eigenvalue weighted by Gasteiger charge is 2.07. The van der Waals surface area contributed by atoms with Gasteiger partial charge in [-0.05, 0) is 25.2 Å². The molecule has 0 unspecified atom stereocenters. The van der Waals surface area contributed by atoms with E-state index in [9.17, 15) is 9.59 Å². The first-order valence-electron chi connectivity index (χ1n) is 5.47. The monoisotopic (exact) mass is 251 g/mol. The van der Waals surface area contributed by atoms with Crippen LogP contribution in [0.2, 0.25) is 0 Å². The number of benzene rings is 1. The third kappa shape index (κ3) is 4.06. The summed E-state index contributed by atoms with van der Waals surface area (Å²) in [5, 5.41) is 8.09. The summed E-state index contributed by atoms with van der Waals surface area (Å²) in [6, 6.07) is 5.03. The molecule has 0 atom stereocenters. The van der Waals surface area contributed by atoms with Crippen molar-refractivity contribution in [2.24, 2.45) is 0 Å². The van der Waals surface area contributed by atoms with Crippen LogP contribution in [0, 0.1) is 0 Å². The van der Waals surface area contributed by atoms with Crippen molar-refractivity contribution >= 4 is 23.2 Å². The van der Waals surface area contributed by atoms with Gasteiger partial charge in [0.2, 0.25) is 11.8 Å². The molecule has 0 spiro atoms. The molecule has 0 saturated carbocycles. The van der Waals surface area contributed by atoms with Gasteiger partial charge in [0.25, 0.3) is 0 Å². The quantitative estimate of drug-likeness (QED) is 0.723. The van der Waals surface area contributed by atoms with Crippen molar-refractivity contribution in [3.63, 3.8) is 0 Å². The lowest BCUT2D eigenvalue weighted by Gasteiger charge is -2.11. The van der Waals surface area contributed by atoms with E-state index in [-0.39, 0.29) is 18.4 Å². The van der Waals surface area contributed by atoms with Crippen LogP contribution in [0.25, 0.3) is 0 Å². The summed E-state index contributed by atoms with van der Waals surface area (Å²) in [5.74, 6) is 0.181. The van der Waals surface area contributed by atoms with Crippen LogP contribution >= 0.6 is 0 Å². The Morgan fingerprint density at radius 3 is 2.56 bits per heavy atom. The minimum atomic E-state index is -0.202. The van der Waals surface area contributed by atoms with E-state index in [1.807, 2.05) is 0 Å². The topological polar surface area (TPSA) is 79.5 Å². The molecule has 6 nitrogen and oxygen atoms in total. The summed E-state index contributed by atoms with van der Waals surface area (Å²) in [6.07, 6.45) is 0. The van der Waals surface area contributed by atoms with Crippen molar-refractivity contribution in [3.8, 4) is 5.75 Å². The zero-order chi connectivity index (χ0) is 13.5. The van der Waals surface area contributed by atoms with E-state index in [1.54, 1.807) is 25.2 Å². The van der Waals surface area contributed by atoms with Crippen LogP contribution in [0.4, 0.5) is 11.4 Å². The zero-order valence-electron chi connectivity index (χ0n) is 10.7. The Labute approximate surface area is 106 Å². The maximum absolute atomic E-state index is 11.4. The third-order valence-corrected chi connectivity index (χ3v) is 2.13. The molecule has 0 bridgehead atoms. The molecule has 3 N–H and O–H groups in total. The van der Waals surface area contributed by atoms with Gasteiger partial charge in [0.1, 0.15) is 5.75 Å². The molecule has 0 radical (unpaired) electrons. The van der Waals surface area contributed by atoms with Gasteiger partial charge in [0, 0.05) is 12.6 Å². The minimum Gasteiger partial charge on any atom is -0.495 e. The van der Waals surface area contributed by atoms with Crippen molar-refractivity contribution < 1.29 is 14.3 Å². The molecule has 1 rings (SSSR count). The fraction of sp³-hybridized carbons (Fsp3) is 0.333. The predicted molar refractivity (Wildman–Crippen MR) is 69.9 cm³/mol. The highest BCUT2D eigenvalue weighted by atomic mass is 16.5. The van der Waals surface area contributed by atoms with E-state index in [0.29, 0.717) is 17.1 Å². The van der Waals surface area contributed by atoms with Gasteiger partial charge < -0.3 is 20.7 Å². The summed E-state index contributed by atoms with van der Waals surface area (Å²) < 4.78 is 5.11. The average Bonchev–Trinajstić information content (AvgIpc) is 2.28. The number of methoxy groups -OCH3 is 1. The van der Waals surface area contributed by atoms with Gasteiger partial charge in [-0.15, -0.1) is 0 Å². The Hall–Kier alpha value is -2.08. The van der Waals surface area contributed by atoms with Crippen molar-refractivity contribution in [2.75, 3.05) is 31.3 Å².